The van der Waals surface area contributed by atoms with E-state index in [1.54, 1.807) is 60.7 Å². The number of nitrogens with zero attached hydrogens (tertiary/aromatic N) is 1. The number of hydrogen-bond donors (Lipinski definition) is 2. The molecule has 7 heteroatoms. The maximum Gasteiger partial charge on any atom is 0.300 e. The highest BCUT2D eigenvalue weighted by molar-refractivity contribution is 9.10. The molecule has 4 rings (SSSR count). The molecule has 1 heterocycles. The molecule has 6 nitrogen and oxygen atoms in total. The molecule has 3 aromatic carbocycles. The van der Waals surface area contributed by atoms with Gasteiger partial charge in [0, 0.05) is 15.7 Å². The molecule has 0 aromatic heterocycles. The van der Waals surface area contributed by atoms with Gasteiger partial charge in [-0.2, -0.15) is 0 Å². The lowest BCUT2D eigenvalue weighted by molar-refractivity contribution is -0.132. The molecule has 2 N–H and O–H groups in total. The first-order chi connectivity index (χ1) is 15.4. The number of carbonyl (C=O) groups is 2. The molecule has 32 heavy (non-hydrogen) atoms. The van der Waals surface area contributed by atoms with Crippen molar-refractivity contribution in [2.75, 3.05) is 11.5 Å². The zero-order chi connectivity index (χ0) is 22.8. The quantitative estimate of drug-likeness (QED) is 0.290. The summed E-state index contributed by atoms with van der Waals surface area (Å²) in [6.45, 7) is 2.37. The molecule has 1 amide bonds. The van der Waals surface area contributed by atoms with Gasteiger partial charge in [0.1, 0.15) is 17.3 Å². The maximum absolute atomic E-state index is 13.1. The van der Waals surface area contributed by atoms with Crippen LogP contribution in [0, 0.1) is 0 Å². The highest BCUT2D eigenvalue weighted by Gasteiger charge is 2.47. The number of aromatic hydroxyl groups is 1. The van der Waals surface area contributed by atoms with E-state index in [9.17, 15) is 19.8 Å². The second kappa shape index (κ2) is 8.88. The van der Waals surface area contributed by atoms with Crippen LogP contribution in [0.1, 0.15) is 24.1 Å². The van der Waals surface area contributed by atoms with Crippen LogP contribution in [0.15, 0.2) is 82.8 Å². The van der Waals surface area contributed by atoms with E-state index < -0.39 is 17.7 Å². The zero-order valence-corrected chi connectivity index (χ0v) is 18.7. The van der Waals surface area contributed by atoms with Crippen LogP contribution >= 0.6 is 15.9 Å². The zero-order valence-electron chi connectivity index (χ0n) is 17.2. The largest absolute Gasteiger partial charge is 0.508 e. The van der Waals surface area contributed by atoms with Crippen molar-refractivity contribution in [1.29, 1.82) is 0 Å². The number of aliphatic hydroxyl groups excluding tert-OH is 1. The predicted molar refractivity (Wildman–Crippen MR) is 125 cm³/mol. The Hall–Kier alpha value is -3.58. The minimum Gasteiger partial charge on any atom is -0.508 e. The minimum atomic E-state index is -0.908. The van der Waals surface area contributed by atoms with Crippen LogP contribution in [0.5, 0.6) is 11.5 Å². The number of rotatable bonds is 5. The number of anilines is 1. The van der Waals surface area contributed by atoms with E-state index in [0.717, 1.165) is 4.47 Å². The van der Waals surface area contributed by atoms with E-state index in [-0.39, 0.29) is 17.1 Å². The Bertz CT molecular complexity index is 1200. The topological polar surface area (TPSA) is 87.1 Å². The summed E-state index contributed by atoms with van der Waals surface area (Å²) in [6.07, 6.45) is 0. The second-order valence-electron chi connectivity index (χ2n) is 7.20. The first-order valence-electron chi connectivity index (χ1n) is 9.99. The molecule has 1 fully saturated rings. The first kappa shape index (κ1) is 21.6. The Morgan fingerprint density at radius 3 is 2.34 bits per heavy atom. The number of halogens is 1. The van der Waals surface area contributed by atoms with Crippen LogP contribution < -0.4 is 9.64 Å². The standard InChI is InChI=1S/C25H20BrNO5/c1-2-32-20-12-6-15(7-13-20)23(29)21-22(16-4-3-5-19(28)14-16)27(25(31)24(21)30)18-10-8-17(26)9-11-18/h3-14,22,28-29H,2H2,1H3/b23-21+. The van der Waals surface area contributed by atoms with Crippen LogP contribution in [0.25, 0.3) is 5.76 Å². The number of ether oxygens (including phenoxy) is 1. The highest BCUT2D eigenvalue weighted by atomic mass is 79.9. The molecule has 1 aliphatic heterocycles. The van der Waals surface area contributed by atoms with Crippen molar-refractivity contribution >= 4 is 39.1 Å². The third kappa shape index (κ3) is 3.99. The van der Waals surface area contributed by atoms with Gasteiger partial charge in [-0.25, -0.2) is 0 Å². The highest BCUT2D eigenvalue weighted by Crippen LogP contribution is 2.43. The fraction of sp³-hybridized carbons (Fsp3) is 0.120. The Kier molecular flexibility index (Phi) is 6.01. The summed E-state index contributed by atoms with van der Waals surface area (Å²) in [4.78, 5) is 27.5. The van der Waals surface area contributed by atoms with E-state index in [1.165, 1.54) is 17.0 Å². The van der Waals surface area contributed by atoms with Gasteiger partial charge < -0.3 is 14.9 Å². The Labute approximate surface area is 193 Å². The Morgan fingerprint density at radius 2 is 1.72 bits per heavy atom. The molecule has 0 aliphatic carbocycles. The molecule has 0 radical (unpaired) electrons. The number of hydrogen-bond acceptors (Lipinski definition) is 5. The molecule has 162 valence electrons. The summed E-state index contributed by atoms with van der Waals surface area (Å²) in [7, 11) is 0. The van der Waals surface area contributed by atoms with Gasteiger partial charge in [0.25, 0.3) is 11.7 Å². The summed E-state index contributed by atoms with van der Waals surface area (Å²) in [5.74, 6) is -1.23. The van der Waals surface area contributed by atoms with Gasteiger partial charge >= 0.3 is 0 Å². The number of Topliss-reactive ketones (excluding diaryl/α,β-unsaturated/α-hetero) is 1. The summed E-state index contributed by atoms with van der Waals surface area (Å²) in [6, 6.07) is 19.0. The smallest absolute Gasteiger partial charge is 0.300 e. The lowest BCUT2D eigenvalue weighted by atomic mass is 9.95. The maximum atomic E-state index is 13.1. The average molecular weight is 494 g/mol. The van der Waals surface area contributed by atoms with Crippen molar-refractivity contribution < 1.29 is 24.5 Å². The fourth-order valence-corrected chi connectivity index (χ4v) is 4.01. The summed E-state index contributed by atoms with van der Waals surface area (Å²) >= 11 is 3.37. The SMILES string of the molecule is CCOc1ccc(/C(O)=C2\C(=O)C(=O)N(c3ccc(Br)cc3)C2c2cccc(O)c2)cc1. The Morgan fingerprint density at radius 1 is 1.03 bits per heavy atom. The molecule has 0 bridgehead atoms. The molecule has 0 saturated carbocycles. The van der Waals surface area contributed by atoms with E-state index in [0.29, 0.717) is 29.2 Å². The molecular formula is C25H20BrNO5. The van der Waals surface area contributed by atoms with E-state index >= 15 is 0 Å². The summed E-state index contributed by atoms with van der Waals surface area (Å²) in [5.41, 5.74) is 1.33. The van der Waals surface area contributed by atoms with Gasteiger partial charge in [0.05, 0.1) is 18.2 Å². The molecule has 1 atom stereocenters. The van der Waals surface area contributed by atoms with Crippen LogP contribution in [0.4, 0.5) is 5.69 Å². The number of phenolic OH excluding ortho intramolecular Hbond substituents is 1. The normalized spacial score (nSPS) is 17.6. The van der Waals surface area contributed by atoms with Crippen LogP contribution in [0.3, 0.4) is 0 Å². The van der Waals surface area contributed by atoms with E-state index in [1.807, 2.05) is 6.92 Å². The number of aliphatic hydroxyl groups is 1. The van der Waals surface area contributed by atoms with Crippen molar-refractivity contribution in [3.05, 3.63) is 94.0 Å². The van der Waals surface area contributed by atoms with Gasteiger partial charge in [0.15, 0.2) is 0 Å². The predicted octanol–water partition coefficient (Wildman–Crippen LogP) is 5.18. The van der Waals surface area contributed by atoms with Gasteiger partial charge in [0.2, 0.25) is 0 Å². The molecule has 1 unspecified atom stereocenters. The van der Waals surface area contributed by atoms with Gasteiger partial charge in [-0.3, -0.25) is 14.5 Å². The van der Waals surface area contributed by atoms with Crippen LogP contribution in [-0.4, -0.2) is 28.5 Å². The molecule has 0 spiro atoms. The minimum absolute atomic E-state index is 0.00930. The van der Waals surface area contributed by atoms with Crippen molar-refractivity contribution in [2.45, 2.75) is 13.0 Å². The van der Waals surface area contributed by atoms with E-state index in [4.69, 9.17) is 4.74 Å². The van der Waals surface area contributed by atoms with Crippen molar-refractivity contribution in [3.63, 3.8) is 0 Å². The van der Waals surface area contributed by atoms with E-state index in [2.05, 4.69) is 15.9 Å². The van der Waals surface area contributed by atoms with Crippen molar-refractivity contribution in [1.82, 2.24) is 0 Å². The van der Waals surface area contributed by atoms with Crippen LogP contribution in [0.2, 0.25) is 0 Å². The monoisotopic (exact) mass is 493 g/mol. The second-order valence-corrected chi connectivity index (χ2v) is 8.11. The molecule has 1 saturated heterocycles. The lowest BCUT2D eigenvalue weighted by Crippen LogP contribution is -2.29. The van der Waals surface area contributed by atoms with Crippen molar-refractivity contribution in [2.24, 2.45) is 0 Å². The molecule has 1 aliphatic rings. The lowest BCUT2D eigenvalue weighted by Gasteiger charge is -2.25. The number of amides is 1. The van der Waals surface area contributed by atoms with Crippen molar-refractivity contribution in [3.8, 4) is 11.5 Å². The number of benzene rings is 3. The number of ketones is 1. The Balaban J connectivity index is 1.89. The number of phenols is 1. The third-order valence-electron chi connectivity index (χ3n) is 5.17. The third-order valence-corrected chi connectivity index (χ3v) is 5.70. The summed E-state index contributed by atoms with van der Waals surface area (Å²) in [5, 5.41) is 21.1. The van der Waals surface area contributed by atoms with Gasteiger partial charge in [-0.15, -0.1) is 0 Å². The first-order valence-corrected chi connectivity index (χ1v) is 10.8. The van der Waals surface area contributed by atoms with Gasteiger partial charge in [-0.05, 0) is 73.2 Å². The van der Waals surface area contributed by atoms with Gasteiger partial charge in [-0.1, -0.05) is 28.1 Å². The molecule has 3 aromatic rings. The number of carbonyl (C=O) groups excluding carboxylic acids is 2. The van der Waals surface area contributed by atoms with Crippen LogP contribution in [-0.2, 0) is 9.59 Å². The summed E-state index contributed by atoms with van der Waals surface area (Å²) < 4.78 is 6.25. The fourth-order valence-electron chi connectivity index (χ4n) is 3.74. The molecular weight excluding hydrogens is 474 g/mol. The average Bonchev–Trinajstić information content (AvgIpc) is 3.05.